The number of aliphatic imine (C=N–C) groups is 1. The lowest BCUT2D eigenvalue weighted by molar-refractivity contribution is 0.172. The lowest BCUT2D eigenvalue weighted by atomic mass is 10.0. The molecule has 25 heavy (non-hydrogen) atoms. The van der Waals surface area contributed by atoms with Crippen molar-refractivity contribution in [2.24, 2.45) is 16.3 Å². The smallest absolute Gasteiger partial charge is 0.195 e. The van der Waals surface area contributed by atoms with Gasteiger partial charge < -0.3 is 20.1 Å². The normalized spacial score (nSPS) is 18.2. The van der Waals surface area contributed by atoms with E-state index in [-0.39, 0.29) is 24.0 Å². The first-order valence-electron chi connectivity index (χ1n) is 8.95. The molecule has 2 N–H and O–H groups in total. The van der Waals surface area contributed by atoms with Crippen LogP contribution in [0, 0.1) is 11.3 Å². The lowest BCUT2D eigenvalue weighted by Gasteiger charge is -2.18. The number of benzene rings is 1. The van der Waals surface area contributed by atoms with Crippen LogP contribution in [0.2, 0.25) is 0 Å². The number of nitrogens with zero attached hydrogens (tertiary/aromatic N) is 1. The number of halogens is 1. The van der Waals surface area contributed by atoms with Gasteiger partial charge in [-0.05, 0) is 49.1 Å². The monoisotopic (exact) mass is 459 g/mol. The van der Waals surface area contributed by atoms with Crippen molar-refractivity contribution >= 4 is 35.6 Å². The van der Waals surface area contributed by atoms with Crippen molar-refractivity contribution in [2.45, 2.75) is 32.1 Å². The molecule has 0 heterocycles. The van der Waals surface area contributed by atoms with Gasteiger partial charge in [0.1, 0.15) is 5.75 Å². The van der Waals surface area contributed by atoms with E-state index in [1.807, 2.05) is 31.3 Å². The first-order chi connectivity index (χ1) is 11.8. The molecule has 2 aliphatic rings. The summed E-state index contributed by atoms with van der Waals surface area (Å²) in [6.45, 7) is 2.41. The van der Waals surface area contributed by atoms with Crippen molar-refractivity contribution in [1.82, 2.24) is 5.32 Å². The number of methoxy groups -OCH3 is 1. The molecule has 0 radical (unpaired) electrons. The third-order valence-electron chi connectivity index (χ3n) is 5.03. The van der Waals surface area contributed by atoms with E-state index in [1.54, 1.807) is 7.11 Å². The maximum Gasteiger partial charge on any atom is 0.195 e. The Labute approximate surface area is 168 Å². The minimum Gasteiger partial charge on any atom is -0.493 e. The molecule has 5 nitrogen and oxygen atoms in total. The summed E-state index contributed by atoms with van der Waals surface area (Å²) in [7, 11) is 3.52. The molecule has 1 aromatic carbocycles. The highest BCUT2D eigenvalue weighted by atomic mass is 127. The highest BCUT2D eigenvalue weighted by Gasteiger charge is 2.53. The van der Waals surface area contributed by atoms with E-state index in [4.69, 9.17) is 9.47 Å². The van der Waals surface area contributed by atoms with Crippen molar-refractivity contribution in [3.63, 3.8) is 0 Å². The van der Waals surface area contributed by atoms with Crippen molar-refractivity contribution in [3.05, 3.63) is 24.3 Å². The molecular formula is C19H30IN3O2. The molecule has 0 atom stereocenters. The van der Waals surface area contributed by atoms with Gasteiger partial charge in [-0.2, -0.15) is 0 Å². The van der Waals surface area contributed by atoms with Crippen LogP contribution in [0.1, 0.15) is 32.1 Å². The van der Waals surface area contributed by atoms with Crippen LogP contribution in [0.5, 0.6) is 5.75 Å². The molecule has 0 aromatic heterocycles. The third-order valence-corrected chi connectivity index (χ3v) is 5.03. The quantitative estimate of drug-likeness (QED) is 0.255. The molecule has 0 unspecified atom stereocenters. The highest BCUT2D eigenvalue weighted by molar-refractivity contribution is 14.0. The molecule has 0 saturated heterocycles. The fourth-order valence-electron chi connectivity index (χ4n) is 3.22. The van der Waals surface area contributed by atoms with Crippen molar-refractivity contribution in [1.29, 1.82) is 0 Å². The van der Waals surface area contributed by atoms with E-state index < -0.39 is 0 Å². The zero-order valence-corrected chi connectivity index (χ0v) is 17.5. The maximum absolute atomic E-state index is 5.75. The molecule has 0 bridgehead atoms. The van der Waals surface area contributed by atoms with Crippen LogP contribution >= 0.6 is 24.0 Å². The summed E-state index contributed by atoms with van der Waals surface area (Å²) in [6, 6.07) is 8.00. The zero-order chi connectivity index (χ0) is 16.8. The molecule has 0 aliphatic heterocycles. The van der Waals surface area contributed by atoms with Gasteiger partial charge in [-0.1, -0.05) is 6.07 Å². The average molecular weight is 459 g/mol. The van der Waals surface area contributed by atoms with E-state index in [0.717, 1.165) is 42.9 Å². The summed E-state index contributed by atoms with van der Waals surface area (Å²) >= 11 is 0. The number of hydrogen-bond donors (Lipinski definition) is 2. The Kier molecular flexibility index (Phi) is 7.81. The Morgan fingerprint density at radius 1 is 1.28 bits per heavy atom. The molecule has 0 spiro atoms. The van der Waals surface area contributed by atoms with Crippen LogP contribution in [0.3, 0.4) is 0 Å². The molecule has 1 aromatic rings. The number of ether oxygens (including phenoxy) is 2. The summed E-state index contributed by atoms with van der Waals surface area (Å²) in [5, 5.41) is 6.87. The lowest BCUT2D eigenvalue weighted by Crippen LogP contribution is -2.36. The average Bonchev–Trinajstić information content (AvgIpc) is 3.48. The van der Waals surface area contributed by atoms with Gasteiger partial charge in [-0.25, -0.2) is 0 Å². The Bertz CT molecular complexity index is 572. The Balaban J connectivity index is 0.00000225. The molecular weight excluding hydrogens is 429 g/mol. The van der Waals surface area contributed by atoms with Crippen LogP contribution in [0.15, 0.2) is 29.3 Å². The van der Waals surface area contributed by atoms with Crippen molar-refractivity contribution in [3.8, 4) is 5.75 Å². The van der Waals surface area contributed by atoms with Crippen molar-refractivity contribution in [2.75, 3.05) is 39.2 Å². The molecule has 2 saturated carbocycles. The van der Waals surface area contributed by atoms with E-state index in [0.29, 0.717) is 12.0 Å². The third kappa shape index (κ3) is 6.02. The van der Waals surface area contributed by atoms with Gasteiger partial charge in [0, 0.05) is 45.5 Å². The molecule has 140 valence electrons. The minimum absolute atomic E-state index is 0. The molecule has 3 rings (SSSR count). The SMILES string of the molecule is CN=C(NCC1(C2CC2)CC1)Nc1cccc(OCCCOC)c1.I. The van der Waals surface area contributed by atoms with E-state index in [1.165, 1.54) is 25.7 Å². The number of hydrogen-bond acceptors (Lipinski definition) is 3. The largest absolute Gasteiger partial charge is 0.493 e. The van der Waals surface area contributed by atoms with Crippen molar-refractivity contribution < 1.29 is 9.47 Å². The minimum atomic E-state index is 0. The van der Waals surface area contributed by atoms with Gasteiger partial charge in [0.15, 0.2) is 5.96 Å². The second-order valence-electron chi connectivity index (χ2n) is 6.91. The fraction of sp³-hybridized carbons (Fsp3) is 0.632. The summed E-state index contributed by atoms with van der Waals surface area (Å²) in [5.41, 5.74) is 1.55. The first-order valence-corrected chi connectivity index (χ1v) is 8.95. The molecule has 2 fully saturated rings. The van der Waals surface area contributed by atoms with Gasteiger partial charge in [-0.15, -0.1) is 24.0 Å². The van der Waals surface area contributed by atoms with Crippen LogP contribution in [-0.2, 0) is 4.74 Å². The zero-order valence-electron chi connectivity index (χ0n) is 15.2. The maximum atomic E-state index is 5.75. The first kappa shape index (κ1) is 20.3. The summed E-state index contributed by atoms with van der Waals surface area (Å²) in [4.78, 5) is 4.35. The molecule has 2 aliphatic carbocycles. The van der Waals surface area contributed by atoms with Gasteiger partial charge in [0.05, 0.1) is 6.61 Å². The fourth-order valence-corrected chi connectivity index (χ4v) is 3.22. The second kappa shape index (κ2) is 9.62. The predicted octanol–water partition coefficient (Wildman–Crippen LogP) is 3.90. The van der Waals surface area contributed by atoms with Gasteiger partial charge in [-0.3, -0.25) is 4.99 Å². The number of guanidine groups is 1. The van der Waals surface area contributed by atoms with Crippen LogP contribution in [-0.4, -0.2) is 39.9 Å². The number of anilines is 1. The standard InChI is InChI=1S/C19H29N3O2.HI/c1-20-18(21-14-19(9-10-19)15-7-8-15)22-16-5-3-6-17(13-16)24-12-4-11-23-2;/h3,5-6,13,15H,4,7-12,14H2,1-2H3,(H2,20,21,22);1H. The number of nitrogens with one attached hydrogen (secondary N) is 2. The topological polar surface area (TPSA) is 54.9 Å². The van der Waals surface area contributed by atoms with Gasteiger partial charge in [0.2, 0.25) is 0 Å². The summed E-state index contributed by atoms with van der Waals surface area (Å²) < 4.78 is 10.8. The Morgan fingerprint density at radius 3 is 2.72 bits per heavy atom. The summed E-state index contributed by atoms with van der Waals surface area (Å²) in [6.07, 6.45) is 6.45. The van der Waals surface area contributed by atoms with Crippen LogP contribution in [0.25, 0.3) is 0 Å². The van der Waals surface area contributed by atoms with Crippen LogP contribution < -0.4 is 15.4 Å². The van der Waals surface area contributed by atoms with E-state index in [9.17, 15) is 0 Å². The van der Waals surface area contributed by atoms with E-state index in [2.05, 4.69) is 15.6 Å². The molecule has 0 amide bonds. The van der Waals surface area contributed by atoms with E-state index >= 15 is 0 Å². The van der Waals surface area contributed by atoms with Crippen LogP contribution in [0.4, 0.5) is 5.69 Å². The Morgan fingerprint density at radius 2 is 2.08 bits per heavy atom. The highest BCUT2D eigenvalue weighted by Crippen LogP contribution is 2.60. The number of rotatable bonds is 9. The Hall–Kier alpha value is -1.02. The predicted molar refractivity (Wildman–Crippen MR) is 113 cm³/mol. The summed E-state index contributed by atoms with van der Waals surface area (Å²) in [5.74, 6) is 2.65. The second-order valence-corrected chi connectivity index (χ2v) is 6.91. The molecule has 6 heteroatoms. The van der Waals surface area contributed by atoms with Gasteiger partial charge in [0.25, 0.3) is 0 Å². The van der Waals surface area contributed by atoms with Gasteiger partial charge >= 0.3 is 0 Å².